The number of amides is 1. The second-order valence-electron chi connectivity index (χ2n) is 7.19. The molecule has 5 heteroatoms. The Morgan fingerprint density at radius 1 is 1.11 bits per heavy atom. The Bertz CT molecular complexity index is 922. The standard InChI is InChI=1S/C22H25N3OS/c1-17-19-7-2-3-8-20(19)27-21(17)14-22(26)25-11-5-10-24(12-13-25)16-18-6-4-9-23-15-18/h2-4,6-9,15H,5,10-14,16H2,1H3. The van der Waals surface area contributed by atoms with Crippen LogP contribution in [0, 0.1) is 6.92 Å². The van der Waals surface area contributed by atoms with Gasteiger partial charge in [0.05, 0.1) is 6.42 Å². The molecule has 2 aromatic heterocycles. The van der Waals surface area contributed by atoms with E-state index in [-0.39, 0.29) is 5.91 Å². The molecule has 0 saturated carbocycles. The first-order valence-electron chi connectivity index (χ1n) is 9.57. The lowest BCUT2D eigenvalue weighted by atomic mass is 10.1. The Morgan fingerprint density at radius 2 is 2.00 bits per heavy atom. The van der Waals surface area contributed by atoms with Crippen molar-refractivity contribution in [3.63, 3.8) is 0 Å². The van der Waals surface area contributed by atoms with Crippen LogP contribution in [-0.4, -0.2) is 46.9 Å². The average Bonchev–Trinajstić information content (AvgIpc) is 2.85. The molecule has 0 spiro atoms. The molecule has 1 fully saturated rings. The third-order valence-corrected chi connectivity index (χ3v) is 6.60. The lowest BCUT2D eigenvalue weighted by Gasteiger charge is -2.22. The van der Waals surface area contributed by atoms with Crippen LogP contribution in [0.5, 0.6) is 0 Å². The summed E-state index contributed by atoms with van der Waals surface area (Å²) in [5.74, 6) is 0.257. The molecule has 3 aromatic rings. The first-order valence-corrected chi connectivity index (χ1v) is 10.4. The number of aromatic nitrogens is 1. The summed E-state index contributed by atoms with van der Waals surface area (Å²) in [5.41, 5.74) is 2.50. The van der Waals surface area contributed by atoms with E-state index in [2.05, 4.69) is 47.1 Å². The molecule has 0 atom stereocenters. The highest BCUT2D eigenvalue weighted by atomic mass is 32.1. The molecule has 0 unspecified atom stereocenters. The number of thiophene rings is 1. The second-order valence-corrected chi connectivity index (χ2v) is 8.33. The number of hydrogen-bond acceptors (Lipinski definition) is 4. The van der Waals surface area contributed by atoms with Crippen LogP contribution in [0.3, 0.4) is 0 Å². The minimum Gasteiger partial charge on any atom is -0.341 e. The maximum absolute atomic E-state index is 12.9. The number of carbonyl (C=O) groups excluding carboxylic acids is 1. The van der Waals surface area contributed by atoms with Gasteiger partial charge < -0.3 is 4.90 Å². The van der Waals surface area contributed by atoms with E-state index in [0.29, 0.717) is 6.42 Å². The number of hydrogen-bond donors (Lipinski definition) is 0. The molecule has 0 N–H and O–H groups in total. The van der Waals surface area contributed by atoms with Gasteiger partial charge in [-0.15, -0.1) is 11.3 Å². The van der Waals surface area contributed by atoms with Crippen LogP contribution in [0.1, 0.15) is 22.4 Å². The predicted octanol–water partition coefficient (Wildman–Crippen LogP) is 3.88. The molecule has 3 heterocycles. The van der Waals surface area contributed by atoms with Gasteiger partial charge in [0.15, 0.2) is 0 Å². The fourth-order valence-electron chi connectivity index (χ4n) is 3.77. The molecule has 0 radical (unpaired) electrons. The monoisotopic (exact) mass is 379 g/mol. The van der Waals surface area contributed by atoms with Crippen molar-refractivity contribution in [1.29, 1.82) is 0 Å². The van der Waals surface area contributed by atoms with Crippen molar-refractivity contribution in [2.75, 3.05) is 26.2 Å². The number of aryl methyl sites for hydroxylation is 1. The van der Waals surface area contributed by atoms with Gasteiger partial charge >= 0.3 is 0 Å². The largest absolute Gasteiger partial charge is 0.341 e. The molecule has 4 nitrogen and oxygen atoms in total. The van der Waals surface area contributed by atoms with Crippen LogP contribution >= 0.6 is 11.3 Å². The van der Waals surface area contributed by atoms with Gasteiger partial charge in [-0.05, 0) is 42.0 Å². The Kier molecular flexibility index (Phi) is 5.50. The van der Waals surface area contributed by atoms with E-state index in [1.165, 1.54) is 26.1 Å². The van der Waals surface area contributed by atoms with Gasteiger partial charge in [0.2, 0.25) is 5.91 Å². The molecule has 1 aliphatic rings. The van der Waals surface area contributed by atoms with Crippen molar-refractivity contribution in [2.45, 2.75) is 26.3 Å². The Balaban J connectivity index is 1.38. The topological polar surface area (TPSA) is 36.4 Å². The van der Waals surface area contributed by atoms with Gasteiger partial charge in [0.1, 0.15) is 0 Å². The van der Waals surface area contributed by atoms with E-state index in [9.17, 15) is 4.79 Å². The molecule has 1 amide bonds. The summed E-state index contributed by atoms with van der Waals surface area (Å²) in [6.07, 6.45) is 5.28. The van der Waals surface area contributed by atoms with E-state index in [0.717, 1.165) is 39.1 Å². The lowest BCUT2D eigenvalue weighted by Crippen LogP contribution is -2.36. The molecule has 1 saturated heterocycles. The minimum absolute atomic E-state index is 0.257. The molecule has 140 valence electrons. The number of fused-ring (bicyclic) bond motifs is 1. The zero-order valence-corrected chi connectivity index (χ0v) is 16.5. The molecule has 0 aliphatic carbocycles. The van der Waals surface area contributed by atoms with Gasteiger partial charge in [-0.25, -0.2) is 0 Å². The first-order chi connectivity index (χ1) is 13.2. The summed E-state index contributed by atoms with van der Waals surface area (Å²) in [7, 11) is 0. The first kappa shape index (κ1) is 18.1. The van der Waals surface area contributed by atoms with Crippen LogP contribution in [0.2, 0.25) is 0 Å². The van der Waals surface area contributed by atoms with E-state index >= 15 is 0 Å². The number of pyridine rings is 1. The van der Waals surface area contributed by atoms with E-state index in [4.69, 9.17) is 0 Å². The number of nitrogens with zero attached hydrogens (tertiary/aromatic N) is 3. The maximum Gasteiger partial charge on any atom is 0.227 e. The fraction of sp³-hybridized carbons (Fsp3) is 0.364. The highest BCUT2D eigenvalue weighted by Gasteiger charge is 2.21. The van der Waals surface area contributed by atoms with Crippen LogP contribution in [0.4, 0.5) is 0 Å². The smallest absolute Gasteiger partial charge is 0.227 e. The van der Waals surface area contributed by atoms with Crippen molar-refractivity contribution >= 4 is 27.3 Å². The molecular formula is C22H25N3OS. The third-order valence-electron chi connectivity index (χ3n) is 5.32. The summed E-state index contributed by atoms with van der Waals surface area (Å²) in [6, 6.07) is 12.5. The predicted molar refractivity (Wildman–Crippen MR) is 111 cm³/mol. The zero-order valence-electron chi connectivity index (χ0n) is 15.7. The molecule has 4 rings (SSSR count). The van der Waals surface area contributed by atoms with Crippen molar-refractivity contribution in [1.82, 2.24) is 14.8 Å². The number of rotatable bonds is 4. The van der Waals surface area contributed by atoms with Gasteiger partial charge in [0.25, 0.3) is 0 Å². The number of carbonyl (C=O) groups is 1. The second kappa shape index (κ2) is 8.19. The molecule has 0 bridgehead atoms. The SMILES string of the molecule is Cc1c(CC(=O)N2CCCN(Cc3cccnc3)CC2)sc2ccccc12. The molecule has 1 aromatic carbocycles. The molecular weight excluding hydrogens is 354 g/mol. The van der Waals surface area contributed by atoms with E-state index in [1.807, 2.05) is 23.4 Å². The number of benzene rings is 1. The van der Waals surface area contributed by atoms with Crippen LogP contribution in [0.15, 0.2) is 48.8 Å². The van der Waals surface area contributed by atoms with Gasteiger partial charge in [-0.1, -0.05) is 24.3 Å². The maximum atomic E-state index is 12.9. The molecule has 1 aliphatic heterocycles. The third kappa shape index (κ3) is 4.20. The lowest BCUT2D eigenvalue weighted by molar-refractivity contribution is -0.130. The normalized spacial score (nSPS) is 15.8. The highest BCUT2D eigenvalue weighted by Crippen LogP contribution is 2.31. The minimum atomic E-state index is 0.257. The summed E-state index contributed by atoms with van der Waals surface area (Å²) in [6.45, 7) is 6.66. The summed E-state index contributed by atoms with van der Waals surface area (Å²) >= 11 is 1.76. The Hall–Kier alpha value is -2.24. The van der Waals surface area contributed by atoms with Gasteiger partial charge in [-0.3, -0.25) is 14.7 Å². The fourth-order valence-corrected chi connectivity index (χ4v) is 4.97. The van der Waals surface area contributed by atoms with Crippen LogP contribution in [-0.2, 0) is 17.8 Å². The van der Waals surface area contributed by atoms with Crippen LogP contribution < -0.4 is 0 Å². The summed E-state index contributed by atoms with van der Waals surface area (Å²) in [4.78, 5) is 22.8. The van der Waals surface area contributed by atoms with Crippen molar-refractivity contribution in [3.8, 4) is 0 Å². The Labute approximate surface area is 164 Å². The van der Waals surface area contributed by atoms with Crippen LogP contribution in [0.25, 0.3) is 10.1 Å². The highest BCUT2D eigenvalue weighted by molar-refractivity contribution is 7.19. The van der Waals surface area contributed by atoms with Crippen molar-refractivity contribution < 1.29 is 4.79 Å². The van der Waals surface area contributed by atoms with E-state index in [1.54, 1.807) is 11.3 Å². The van der Waals surface area contributed by atoms with Gasteiger partial charge in [0, 0.05) is 54.7 Å². The molecule has 27 heavy (non-hydrogen) atoms. The Morgan fingerprint density at radius 3 is 2.81 bits per heavy atom. The van der Waals surface area contributed by atoms with Gasteiger partial charge in [-0.2, -0.15) is 0 Å². The van der Waals surface area contributed by atoms with E-state index < -0.39 is 0 Å². The summed E-state index contributed by atoms with van der Waals surface area (Å²) in [5, 5.41) is 1.28. The summed E-state index contributed by atoms with van der Waals surface area (Å²) < 4.78 is 1.27. The van der Waals surface area contributed by atoms with Crippen molar-refractivity contribution in [2.24, 2.45) is 0 Å². The van der Waals surface area contributed by atoms with Crippen molar-refractivity contribution in [3.05, 3.63) is 64.8 Å². The average molecular weight is 380 g/mol. The zero-order chi connectivity index (χ0) is 18.6. The quantitative estimate of drug-likeness (QED) is 0.690.